The predicted octanol–water partition coefficient (Wildman–Crippen LogP) is 7.23. The standard InChI is InChI=1S/C17H22N2O.C11H15NO.C4H11N/c1-2-12-7-9-13(10-8-12)17(20)19-16-11-14-5-3-4-6-15(14)18-16;1-4-10-7(2)5-9(12)6-11(10)8(3)13;1-4-5(2)3/h3-6,11-13,18H,2,7-10H2,1H3,(H,19,20);5-6H,4,12H2,1-3H3;4H2,1-3H3. The lowest BCUT2D eigenvalue weighted by Gasteiger charge is -2.26. The van der Waals surface area contributed by atoms with E-state index in [4.69, 9.17) is 5.73 Å². The Labute approximate surface area is 229 Å². The number of nitrogens with one attached hydrogen (secondary N) is 2. The SMILES string of the molecule is CCC1CCC(C(=O)Nc2cc3ccccc3[nH]2)CC1.CCN(C)C.CCc1c(C)cc(N)cc1C(C)=O. The highest BCUT2D eigenvalue weighted by Gasteiger charge is 2.25. The number of aromatic amines is 1. The third-order valence-electron chi connectivity index (χ3n) is 7.44. The molecule has 38 heavy (non-hydrogen) atoms. The fourth-order valence-electron chi connectivity index (χ4n) is 4.84. The van der Waals surface area contributed by atoms with Gasteiger partial charge in [-0.2, -0.15) is 0 Å². The number of carbonyl (C=O) groups is 2. The first-order valence-corrected chi connectivity index (χ1v) is 14.0. The molecule has 6 heteroatoms. The van der Waals surface area contributed by atoms with E-state index < -0.39 is 0 Å². The van der Waals surface area contributed by atoms with Gasteiger partial charge in [-0.05, 0) is 108 Å². The van der Waals surface area contributed by atoms with E-state index in [1.807, 2.05) is 50.2 Å². The molecule has 4 rings (SSSR count). The number of nitrogen functional groups attached to an aromatic ring is 1. The lowest BCUT2D eigenvalue weighted by Crippen LogP contribution is -2.27. The average molecular weight is 521 g/mol. The van der Waals surface area contributed by atoms with Crippen LogP contribution in [0.1, 0.15) is 81.3 Å². The van der Waals surface area contributed by atoms with E-state index in [2.05, 4.69) is 43.1 Å². The minimum atomic E-state index is 0.0900. The molecule has 0 saturated heterocycles. The van der Waals surface area contributed by atoms with E-state index in [0.29, 0.717) is 5.69 Å². The van der Waals surface area contributed by atoms with Crippen LogP contribution >= 0.6 is 0 Å². The highest BCUT2D eigenvalue weighted by atomic mass is 16.2. The summed E-state index contributed by atoms with van der Waals surface area (Å²) in [6, 6.07) is 13.7. The number of fused-ring (bicyclic) bond motifs is 1. The van der Waals surface area contributed by atoms with Crippen molar-refractivity contribution in [2.45, 2.75) is 73.1 Å². The molecule has 6 nitrogen and oxygen atoms in total. The van der Waals surface area contributed by atoms with Crippen LogP contribution in [0.4, 0.5) is 11.5 Å². The Kier molecular flexibility index (Phi) is 12.5. The van der Waals surface area contributed by atoms with Crippen LogP contribution < -0.4 is 11.1 Å². The maximum absolute atomic E-state index is 12.3. The summed E-state index contributed by atoms with van der Waals surface area (Å²) in [5.41, 5.74) is 10.4. The molecule has 1 saturated carbocycles. The van der Waals surface area contributed by atoms with E-state index >= 15 is 0 Å². The monoisotopic (exact) mass is 520 g/mol. The number of hydrogen-bond donors (Lipinski definition) is 3. The fourth-order valence-corrected chi connectivity index (χ4v) is 4.84. The Morgan fingerprint density at radius 1 is 1.03 bits per heavy atom. The molecule has 4 N–H and O–H groups in total. The van der Waals surface area contributed by atoms with Crippen LogP contribution in [0.15, 0.2) is 42.5 Å². The van der Waals surface area contributed by atoms with Crippen molar-refractivity contribution in [3.05, 3.63) is 59.2 Å². The van der Waals surface area contributed by atoms with Gasteiger partial charge < -0.3 is 20.9 Å². The number of ketones is 1. The Morgan fingerprint density at radius 3 is 2.18 bits per heavy atom. The van der Waals surface area contributed by atoms with Crippen molar-refractivity contribution in [1.29, 1.82) is 0 Å². The van der Waals surface area contributed by atoms with Crippen molar-refractivity contribution in [3.63, 3.8) is 0 Å². The summed E-state index contributed by atoms with van der Waals surface area (Å²) in [4.78, 5) is 29.0. The van der Waals surface area contributed by atoms with Crippen molar-refractivity contribution in [3.8, 4) is 0 Å². The van der Waals surface area contributed by atoms with Gasteiger partial charge in [0.2, 0.25) is 5.91 Å². The Bertz CT molecular complexity index is 1140. The van der Waals surface area contributed by atoms with E-state index in [9.17, 15) is 9.59 Å². The molecule has 0 radical (unpaired) electrons. The number of benzene rings is 2. The number of Topliss-reactive ketones (excluding diaryl/α,β-unsaturated/α-hetero) is 1. The molecule has 1 aliphatic carbocycles. The summed E-state index contributed by atoms with van der Waals surface area (Å²) < 4.78 is 0. The fraction of sp³-hybridized carbons (Fsp3) is 0.500. The Hall–Kier alpha value is -3.12. The van der Waals surface area contributed by atoms with Crippen molar-refractivity contribution >= 4 is 34.1 Å². The van der Waals surface area contributed by atoms with Gasteiger partial charge in [0.05, 0.1) is 0 Å². The molecule has 208 valence electrons. The minimum Gasteiger partial charge on any atom is -0.399 e. The molecule has 1 aromatic heterocycles. The molecule has 0 bridgehead atoms. The highest BCUT2D eigenvalue weighted by Crippen LogP contribution is 2.31. The van der Waals surface area contributed by atoms with E-state index in [1.165, 1.54) is 19.3 Å². The number of hydrogen-bond acceptors (Lipinski definition) is 4. The van der Waals surface area contributed by atoms with Crippen LogP contribution in [-0.2, 0) is 11.2 Å². The van der Waals surface area contributed by atoms with Crippen molar-refractivity contribution in [1.82, 2.24) is 9.88 Å². The smallest absolute Gasteiger partial charge is 0.228 e. The molecule has 1 heterocycles. The van der Waals surface area contributed by atoms with Crippen LogP contribution in [0.25, 0.3) is 10.9 Å². The minimum absolute atomic E-state index is 0.0900. The topological polar surface area (TPSA) is 91.2 Å². The third kappa shape index (κ3) is 9.32. The van der Waals surface area contributed by atoms with Gasteiger partial charge in [-0.1, -0.05) is 45.4 Å². The zero-order valence-electron chi connectivity index (χ0n) is 24.5. The van der Waals surface area contributed by atoms with E-state index in [1.54, 1.807) is 13.0 Å². The zero-order valence-corrected chi connectivity index (χ0v) is 24.5. The highest BCUT2D eigenvalue weighted by molar-refractivity contribution is 5.97. The van der Waals surface area contributed by atoms with Crippen LogP contribution in [0, 0.1) is 18.8 Å². The number of amides is 1. The van der Waals surface area contributed by atoms with Gasteiger partial charge in [0.25, 0.3) is 0 Å². The first kappa shape index (κ1) is 31.1. The van der Waals surface area contributed by atoms with E-state index in [0.717, 1.165) is 65.1 Å². The quantitative estimate of drug-likeness (QED) is 0.236. The summed E-state index contributed by atoms with van der Waals surface area (Å²) in [6.45, 7) is 11.1. The second kappa shape index (κ2) is 15.3. The van der Waals surface area contributed by atoms with Crippen LogP contribution in [-0.4, -0.2) is 42.2 Å². The largest absolute Gasteiger partial charge is 0.399 e. The number of H-pyrrole nitrogens is 1. The van der Waals surface area contributed by atoms with Gasteiger partial charge in [-0.25, -0.2) is 0 Å². The molecule has 1 fully saturated rings. The molecular weight excluding hydrogens is 472 g/mol. The Morgan fingerprint density at radius 2 is 1.66 bits per heavy atom. The molecule has 1 amide bonds. The van der Waals surface area contributed by atoms with Gasteiger partial charge >= 0.3 is 0 Å². The molecule has 0 spiro atoms. The van der Waals surface area contributed by atoms with Crippen LogP contribution in [0.2, 0.25) is 0 Å². The van der Waals surface area contributed by atoms with Gasteiger partial charge in [0, 0.05) is 28.1 Å². The molecule has 0 aliphatic heterocycles. The lowest BCUT2D eigenvalue weighted by atomic mass is 9.80. The maximum atomic E-state index is 12.3. The molecule has 2 aromatic carbocycles. The predicted molar refractivity (Wildman–Crippen MR) is 162 cm³/mol. The van der Waals surface area contributed by atoms with Crippen molar-refractivity contribution in [2.24, 2.45) is 11.8 Å². The summed E-state index contributed by atoms with van der Waals surface area (Å²) in [5.74, 6) is 2.09. The van der Waals surface area contributed by atoms with Crippen LogP contribution in [0.5, 0.6) is 0 Å². The summed E-state index contributed by atoms with van der Waals surface area (Å²) >= 11 is 0. The molecule has 1 aliphatic rings. The van der Waals surface area contributed by atoms with Gasteiger partial charge in [0.1, 0.15) is 5.82 Å². The number of carbonyl (C=O) groups excluding carboxylic acids is 2. The van der Waals surface area contributed by atoms with Gasteiger partial charge in [-0.3, -0.25) is 9.59 Å². The number of nitrogens with two attached hydrogens (primary N) is 1. The summed E-state index contributed by atoms with van der Waals surface area (Å²) in [7, 11) is 4.11. The van der Waals surface area contributed by atoms with Crippen LogP contribution in [0.3, 0.4) is 0 Å². The average Bonchev–Trinajstić information content (AvgIpc) is 3.31. The Balaban J connectivity index is 0.000000242. The number of rotatable bonds is 6. The second-order valence-electron chi connectivity index (χ2n) is 10.6. The number of aryl methyl sites for hydroxylation is 1. The first-order chi connectivity index (χ1) is 18.1. The van der Waals surface area contributed by atoms with E-state index in [-0.39, 0.29) is 17.6 Å². The lowest BCUT2D eigenvalue weighted by molar-refractivity contribution is -0.121. The summed E-state index contributed by atoms with van der Waals surface area (Å²) in [5, 5.41) is 4.18. The van der Waals surface area contributed by atoms with Gasteiger partial charge in [-0.15, -0.1) is 0 Å². The molecule has 3 aromatic rings. The van der Waals surface area contributed by atoms with Gasteiger partial charge in [0.15, 0.2) is 5.78 Å². The number of nitrogens with zero attached hydrogens (tertiary/aromatic N) is 1. The molecule has 0 unspecified atom stereocenters. The first-order valence-electron chi connectivity index (χ1n) is 14.0. The zero-order chi connectivity index (χ0) is 28.2. The van der Waals surface area contributed by atoms with Crippen molar-refractivity contribution < 1.29 is 9.59 Å². The summed E-state index contributed by atoms with van der Waals surface area (Å²) in [6.07, 6.45) is 6.58. The molecular formula is C32H48N4O2. The maximum Gasteiger partial charge on any atom is 0.228 e. The number of aromatic nitrogens is 1. The number of para-hydroxylation sites is 1. The molecule has 0 atom stereocenters. The normalized spacial score (nSPS) is 16.7. The number of anilines is 2. The van der Waals surface area contributed by atoms with Crippen molar-refractivity contribution in [2.75, 3.05) is 31.7 Å². The third-order valence-corrected chi connectivity index (χ3v) is 7.44. The second-order valence-corrected chi connectivity index (χ2v) is 10.6.